The normalized spacial score (nSPS) is 18.8. The molecule has 2 amide bonds. The smallest absolute Gasteiger partial charge is 0.411 e. The zero-order valence-electron chi connectivity index (χ0n) is 16.0. The van der Waals surface area contributed by atoms with Gasteiger partial charge in [0.25, 0.3) is 5.91 Å². The van der Waals surface area contributed by atoms with E-state index in [-0.39, 0.29) is 24.7 Å². The molecule has 0 aromatic heterocycles. The number of hydrogen-bond acceptors (Lipinski definition) is 4. The highest BCUT2D eigenvalue weighted by Crippen LogP contribution is 2.22. The lowest BCUT2D eigenvalue weighted by Gasteiger charge is -2.29. The van der Waals surface area contributed by atoms with Crippen LogP contribution in [0.2, 0.25) is 0 Å². The molecule has 0 unspecified atom stereocenters. The largest absolute Gasteiger partial charge is 0.484 e. The summed E-state index contributed by atoms with van der Waals surface area (Å²) in [6.45, 7) is 1.91. The lowest BCUT2D eigenvalue weighted by atomic mass is 9.93. The van der Waals surface area contributed by atoms with Gasteiger partial charge in [-0.2, -0.15) is 0 Å². The Morgan fingerprint density at radius 1 is 1.04 bits per heavy atom. The van der Waals surface area contributed by atoms with Crippen molar-refractivity contribution in [3.05, 3.63) is 60.2 Å². The second-order valence-corrected chi connectivity index (χ2v) is 7.00. The average Bonchev–Trinajstić information content (AvgIpc) is 2.68. The summed E-state index contributed by atoms with van der Waals surface area (Å²) < 4.78 is 11.1. The van der Waals surface area contributed by atoms with Crippen LogP contribution in [0, 0.1) is 6.92 Å². The Morgan fingerprint density at radius 2 is 1.79 bits per heavy atom. The van der Waals surface area contributed by atoms with E-state index >= 15 is 0 Å². The maximum absolute atomic E-state index is 12.2. The Kier molecular flexibility index (Phi) is 6.89. The van der Waals surface area contributed by atoms with Gasteiger partial charge in [-0.25, -0.2) is 4.79 Å². The first kappa shape index (κ1) is 19.7. The zero-order valence-corrected chi connectivity index (χ0v) is 16.0. The Bertz CT molecular complexity index is 794. The molecule has 1 aliphatic rings. The second kappa shape index (κ2) is 9.78. The number of carbonyl (C=O) groups is 2. The van der Waals surface area contributed by atoms with E-state index < -0.39 is 6.09 Å². The van der Waals surface area contributed by atoms with Crippen molar-refractivity contribution in [3.63, 3.8) is 0 Å². The summed E-state index contributed by atoms with van der Waals surface area (Å²) in [5.41, 5.74) is 1.69. The molecule has 2 N–H and O–H groups in total. The zero-order chi connectivity index (χ0) is 19.8. The second-order valence-electron chi connectivity index (χ2n) is 7.00. The number of para-hydroxylation sites is 2. The maximum Gasteiger partial charge on any atom is 0.411 e. The van der Waals surface area contributed by atoms with Crippen LogP contribution in [0.3, 0.4) is 0 Å². The Balaban J connectivity index is 1.42. The molecule has 6 heteroatoms. The average molecular weight is 382 g/mol. The number of rotatable bonds is 6. The van der Waals surface area contributed by atoms with Crippen LogP contribution in [0.15, 0.2) is 54.6 Å². The molecule has 0 saturated heterocycles. The van der Waals surface area contributed by atoms with Crippen LogP contribution < -0.4 is 15.4 Å². The van der Waals surface area contributed by atoms with Gasteiger partial charge in [0.2, 0.25) is 0 Å². The summed E-state index contributed by atoms with van der Waals surface area (Å²) >= 11 is 0. The van der Waals surface area contributed by atoms with Gasteiger partial charge in [-0.15, -0.1) is 0 Å². The first-order chi connectivity index (χ1) is 13.6. The third-order valence-electron chi connectivity index (χ3n) is 4.74. The van der Waals surface area contributed by atoms with E-state index in [1.54, 1.807) is 12.1 Å². The first-order valence-electron chi connectivity index (χ1n) is 9.60. The summed E-state index contributed by atoms with van der Waals surface area (Å²) in [5.74, 6) is 0.544. The molecule has 2 aromatic carbocycles. The van der Waals surface area contributed by atoms with Crippen molar-refractivity contribution in [3.8, 4) is 5.75 Å². The lowest BCUT2D eigenvalue weighted by molar-refractivity contribution is -0.124. The molecule has 6 nitrogen and oxygen atoms in total. The van der Waals surface area contributed by atoms with Crippen LogP contribution in [0.5, 0.6) is 5.75 Å². The molecule has 0 bridgehead atoms. The highest BCUT2D eigenvalue weighted by Gasteiger charge is 2.26. The minimum absolute atomic E-state index is 0.0174. The minimum Gasteiger partial charge on any atom is -0.484 e. The minimum atomic E-state index is -0.467. The molecule has 3 rings (SSSR count). The molecule has 148 valence electrons. The van der Waals surface area contributed by atoms with Crippen molar-refractivity contribution in [1.29, 1.82) is 0 Å². The molecule has 0 heterocycles. The Morgan fingerprint density at radius 3 is 2.57 bits per heavy atom. The van der Waals surface area contributed by atoms with E-state index in [1.807, 2.05) is 49.4 Å². The molecule has 2 atom stereocenters. The van der Waals surface area contributed by atoms with Crippen LogP contribution in [0.4, 0.5) is 10.5 Å². The first-order valence-corrected chi connectivity index (χ1v) is 9.60. The SMILES string of the molecule is Cc1ccccc1OCC(=O)N[C@H]1CCC[C@@H](OC(=O)Nc2ccccc2)C1. The molecular weight excluding hydrogens is 356 g/mol. The van der Waals surface area contributed by atoms with Crippen LogP contribution in [-0.2, 0) is 9.53 Å². The molecular formula is C22H26N2O4. The van der Waals surface area contributed by atoms with E-state index in [2.05, 4.69) is 10.6 Å². The van der Waals surface area contributed by atoms with Gasteiger partial charge in [0.05, 0.1) is 0 Å². The summed E-state index contributed by atoms with van der Waals surface area (Å²) in [6, 6.07) is 16.8. The fourth-order valence-electron chi connectivity index (χ4n) is 3.33. The van der Waals surface area contributed by atoms with Crippen LogP contribution in [-0.4, -0.2) is 30.8 Å². The monoisotopic (exact) mass is 382 g/mol. The molecule has 28 heavy (non-hydrogen) atoms. The van der Waals surface area contributed by atoms with E-state index in [0.29, 0.717) is 17.9 Å². The number of nitrogens with one attached hydrogen (secondary N) is 2. The number of aryl methyl sites for hydroxylation is 1. The highest BCUT2D eigenvalue weighted by atomic mass is 16.6. The number of hydrogen-bond donors (Lipinski definition) is 2. The lowest BCUT2D eigenvalue weighted by Crippen LogP contribution is -2.43. The summed E-state index contributed by atoms with van der Waals surface area (Å²) in [5, 5.41) is 5.71. The maximum atomic E-state index is 12.2. The molecule has 1 saturated carbocycles. The van der Waals surface area contributed by atoms with Crippen molar-refractivity contribution in [1.82, 2.24) is 5.32 Å². The highest BCUT2D eigenvalue weighted by molar-refractivity contribution is 5.84. The Labute approximate surface area is 165 Å². The van der Waals surface area contributed by atoms with Gasteiger partial charge in [-0.05, 0) is 49.9 Å². The molecule has 1 fully saturated rings. The predicted octanol–water partition coefficient (Wildman–Crippen LogP) is 4.05. The van der Waals surface area contributed by atoms with Crippen molar-refractivity contribution in [2.24, 2.45) is 0 Å². The van der Waals surface area contributed by atoms with Gasteiger partial charge in [0.15, 0.2) is 6.61 Å². The van der Waals surface area contributed by atoms with Gasteiger partial charge in [0, 0.05) is 18.2 Å². The molecule has 0 spiro atoms. The van der Waals surface area contributed by atoms with E-state index in [4.69, 9.17) is 9.47 Å². The van der Waals surface area contributed by atoms with Crippen molar-refractivity contribution < 1.29 is 19.1 Å². The summed E-state index contributed by atoms with van der Waals surface area (Å²) in [7, 11) is 0. The van der Waals surface area contributed by atoms with Crippen LogP contribution >= 0.6 is 0 Å². The van der Waals surface area contributed by atoms with Crippen LogP contribution in [0.25, 0.3) is 0 Å². The Hall–Kier alpha value is -3.02. The topological polar surface area (TPSA) is 76.7 Å². The van der Waals surface area contributed by atoms with Gasteiger partial charge in [-0.3, -0.25) is 10.1 Å². The van der Waals surface area contributed by atoms with E-state index in [0.717, 1.165) is 24.8 Å². The molecule has 2 aromatic rings. The number of benzene rings is 2. The summed E-state index contributed by atoms with van der Waals surface area (Å²) in [6.07, 6.45) is 2.50. The van der Waals surface area contributed by atoms with E-state index in [1.165, 1.54) is 0 Å². The fraction of sp³-hybridized carbons (Fsp3) is 0.364. The number of ether oxygens (including phenoxy) is 2. The van der Waals surface area contributed by atoms with Crippen LogP contribution in [0.1, 0.15) is 31.2 Å². The number of carbonyl (C=O) groups excluding carboxylic acids is 2. The van der Waals surface area contributed by atoms with Crippen molar-refractivity contribution in [2.45, 2.75) is 44.8 Å². The van der Waals surface area contributed by atoms with Gasteiger partial charge < -0.3 is 14.8 Å². The van der Waals surface area contributed by atoms with Gasteiger partial charge in [-0.1, -0.05) is 36.4 Å². The van der Waals surface area contributed by atoms with Gasteiger partial charge in [0.1, 0.15) is 11.9 Å². The van der Waals surface area contributed by atoms with Crippen molar-refractivity contribution >= 4 is 17.7 Å². The third kappa shape index (κ3) is 6.01. The quantitative estimate of drug-likeness (QED) is 0.790. The number of amides is 2. The molecule has 0 radical (unpaired) electrons. The third-order valence-corrected chi connectivity index (χ3v) is 4.74. The molecule has 1 aliphatic carbocycles. The van der Waals surface area contributed by atoms with Crippen molar-refractivity contribution in [2.75, 3.05) is 11.9 Å². The fourth-order valence-corrected chi connectivity index (χ4v) is 3.33. The van der Waals surface area contributed by atoms with Gasteiger partial charge >= 0.3 is 6.09 Å². The molecule has 0 aliphatic heterocycles. The predicted molar refractivity (Wildman–Crippen MR) is 107 cm³/mol. The standard InChI is InChI=1S/C22H26N2O4/c1-16-8-5-6-13-20(16)27-15-21(25)23-18-11-7-12-19(14-18)28-22(26)24-17-9-3-2-4-10-17/h2-6,8-10,13,18-19H,7,11-12,14-15H2,1H3,(H,23,25)(H,24,26)/t18-,19+/m0/s1. The van der Waals surface area contributed by atoms with E-state index in [9.17, 15) is 9.59 Å². The number of anilines is 1. The summed E-state index contributed by atoms with van der Waals surface area (Å²) in [4.78, 5) is 24.3.